The van der Waals surface area contributed by atoms with Crippen molar-refractivity contribution < 1.29 is 0 Å². The zero-order valence-corrected chi connectivity index (χ0v) is 7.48. The summed E-state index contributed by atoms with van der Waals surface area (Å²) in [5, 5.41) is 0. The first-order valence-corrected chi connectivity index (χ1v) is 5.04. The van der Waals surface area contributed by atoms with Crippen LogP contribution in [-0.4, -0.2) is 6.16 Å². The topological polar surface area (TPSA) is 0 Å². The molecule has 54 valence electrons. The Labute approximate surface area is 60.5 Å². The largest absolute Gasteiger partial charge is 0.0988 e. The van der Waals surface area contributed by atoms with Crippen LogP contribution in [0.5, 0.6) is 0 Å². The van der Waals surface area contributed by atoms with Crippen molar-refractivity contribution in [3.05, 3.63) is 11.9 Å². The molecule has 1 heteroatoms. The van der Waals surface area contributed by atoms with Crippen molar-refractivity contribution in [1.82, 2.24) is 0 Å². The van der Waals surface area contributed by atoms with E-state index in [9.17, 15) is 0 Å². The lowest BCUT2D eigenvalue weighted by atomic mass is 10.3. The van der Waals surface area contributed by atoms with Gasteiger partial charge < -0.3 is 0 Å². The lowest BCUT2D eigenvalue weighted by Crippen LogP contribution is -1.73. The Kier molecular flexibility index (Phi) is 8.32. The lowest BCUT2D eigenvalue weighted by molar-refractivity contribution is 0.778. The summed E-state index contributed by atoms with van der Waals surface area (Å²) in [5.74, 6) is 2.27. The summed E-state index contributed by atoms with van der Waals surface area (Å²) in [4.78, 5) is 0. The van der Waals surface area contributed by atoms with Crippen molar-refractivity contribution in [2.45, 2.75) is 33.1 Å². The smallest absolute Gasteiger partial charge is 0.0319 e. The van der Waals surface area contributed by atoms with Crippen molar-refractivity contribution in [2.75, 3.05) is 6.16 Å². The van der Waals surface area contributed by atoms with Crippen molar-refractivity contribution in [3.8, 4) is 0 Å². The van der Waals surface area contributed by atoms with Crippen LogP contribution < -0.4 is 0 Å². The van der Waals surface area contributed by atoms with Crippen LogP contribution in [0.4, 0.5) is 0 Å². The van der Waals surface area contributed by atoms with E-state index in [1.807, 2.05) is 0 Å². The zero-order chi connectivity index (χ0) is 6.95. The molecular formula is C8H17P. The Morgan fingerprint density at radius 1 is 1.33 bits per heavy atom. The molecule has 0 aliphatic rings. The van der Waals surface area contributed by atoms with Crippen LogP contribution in [0.15, 0.2) is 11.9 Å². The highest BCUT2D eigenvalue weighted by molar-refractivity contribution is 7.41. The van der Waals surface area contributed by atoms with Gasteiger partial charge in [0.05, 0.1) is 0 Å². The molecule has 0 radical (unpaired) electrons. The minimum absolute atomic E-state index is 1.06. The quantitative estimate of drug-likeness (QED) is 0.410. The zero-order valence-electron chi connectivity index (χ0n) is 6.48. The Hall–Kier alpha value is 0.170. The van der Waals surface area contributed by atoms with Gasteiger partial charge in [-0.1, -0.05) is 40.2 Å². The van der Waals surface area contributed by atoms with E-state index in [2.05, 4.69) is 25.7 Å². The van der Waals surface area contributed by atoms with Crippen molar-refractivity contribution in [1.29, 1.82) is 0 Å². The normalized spacial score (nSPS) is 12.2. The monoisotopic (exact) mass is 144 g/mol. The Balaban J connectivity index is 2.75. The minimum Gasteiger partial charge on any atom is -0.0988 e. The van der Waals surface area contributed by atoms with Gasteiger partial charge in [0.25, 0.3) is 0 Å². The molecule has 0 saturated carbocycles. The molecule has 0 saturated heterocycles. The average molecular weight is 144 g/mol. The summed E-state index contributed by atoms with van der Waals surface area (Å²) >= 11 is 0. The summed E-state index contributed by atoms with van der Waals surface area (Å²) in [6, 6.07) is 0. The van der Waals surface area contributed by atoms with Gasteiger partial charge in [0.15, 0.2) is 0 Å². The third kappa shape index (κ3) is 8.17. The van der Waals surface area contributed by atoms with Gasteiger partial charge in [0.2, 0.25) is 0 Å². The molecule has 9 heavy (non-hydrogen) atoms. The van der Waals surface area contributed by atoms with Crippen molar-refractivity contribution in [3.63, 3.8) is 0 Å². The standard InChI is InChI=1S/C8H17P/c1-3-5-6-8-9-7-4-2/h4,7,9H,3,5-6,8H2,1-2H3/b7-4-. The number of allylic oxidation sites excluding steroid dienone is 1. The summed E-state index contributed by atoms with van der Waals surface area (Å²) in [6.45, 7) is 4.34. The molecule has 0 spiro atoms. The highest BCUT2D eigenvalue weighted by Gasteiger charge is 1.81. The maximum absolute atomic E-state index is 2.27. The number of unbranched alkanes of at least 4 members (excludes halogenated alkanes) is 2. The Morgan fingerprint density at radius 3 is 2.67 bits per heavy atom. The van der Waals surface area contributed by atoms with Crippen LogP contribution >= 0.6 is 8.58 Å². The van der Waals surface area contributed by atoms with Gasteiger partial charge in [-0.05, 0) is 19.5 Å². The molecule has 0 aromatic heterocycles. The first-order valence-electron chi connectivity index (χ1n) is 3.76. The van der Waals surface area contributed by atoms with Crippen LogP contribution in [0.2, 0.25) is 0 Å². The fraction of sp³-hybridized carbons (Fsp3) is 0.750. The summed E-state index contributed by atoms with van der Waals surface area (Å²) in [6.07, 6.45) is 7.72. The second-order valence-corrected chi connectivity index (χ2v) is 3.40. The lowest BCUT2D eigenvalue weighted by Gasteiger charge is -1.92. The van der Waals surface area contributed by atoms with E-state index in [1.54, 1.807) is 0 Å². The number of hydrogen-bond donors (Lipinski definition) is 0. The molecule has 0 nitrogen and oxygen atoms in total. The van der Waals surface area contributed by atoms with Crippen LogP contribution in [-0.2, 0) is 0 Å². The van der Waals surface area contributed by atoms with E-state index < -0.39 is 0 Å². The summed E-state index contributed by atoms with van der Waals surface area (Å²) in [5.41, 5.74) is 0. The van der Waals surface area contributed by atoms with Gasteiger partial charge in [-0.25, -0.2) is 0 Å². The molecule has 0 aliphatic heterocycles. The third-order valence-corrected chi connectivity index (χ3v) is 2.42. The second-order valence-electron chi connectivity index (χ2n) is 2.16. The SMILES string of the molecule is C/C=C\PCCCCC. The van der Waals surface area contributed by atoms with Gasteiger partial charge in [-0.15, -0.1) is 0 Å². The molecule has 0 aromatic carbocycles. The summed E-state index contributed by atoms with van der Waals surface area (Å²) < 4.78 is 0. The van der Waals surface area contributed by atoms with Crippen LogP contribution in [0.1, 0.15) is 33.1 Å². The highest BCUT2D eigenvalue weighted by Crippen LogP contribution is 2.13. The van der Waals surface area contributed by atoms with Gasteiger partial charge in [-0.3, -0.25) is 0 Å². The van der Waals surface area contributed by atoms with Crippen molar-refractivity contribution >= 4 is 8.58 Å². The Morgan fingerprint density at radius 2 is 2.11 bits per heavy atom. The molecule has 1 atom stereocenters. The molecule has 0 rings (SSSR count). The molecule has 0 amide bonds. The Bertz CT molecular complexity index is 67.0. The fourth-order valence-corrected chi connectivity index (χ4v) is 1.53. The summed E-state index contributed by atoms with van der Waals surface area (Å²) in [7, 11) is 1.06. The predicted octanol–water partition coefficient (Wildman–Crippen LogP) is 3.39. The van der Waals surface area contributed by atoms with Crippen LogP contribution in [0, 0.1) is 0 Å². The van der Waals surface area contributed by atoms with Gasteiger partial charge in [0, 0.05) is 0 Å². The second kappa shape index (κ2) is 8.17. The fourth-order valence-electron chi connectivity index (χ4n) is 0.678. The number of hydrogen-bond acceptors (Lipinski definition) is 0. The molecular weight excluding hydrogens is 127 g/mol. The van der Waals surface area contributed by atoms with Crippen LogP contribution in [0.3, 0.4) is 0 Å². The van der Waals surface area contributed by atoms with Crippen molar-refractivity contribution in [2.24, 2.45) is 0 Å². The highest BCUT2D eigenvalue weighted by atomic mass is 31.1. The van der Waals surface area contributed by atoms with Gasteiger partial charge in [-0.2, -0.15) is 0 Å². The first-order chi connectivity index (χ1) is 4.41. The maximum Gasteiger partial charge on any atom is -0.0319 e. The predicted molar refractivity (Wildman–Crippen MR) is 47.5 cm³/mol. The minimum atomic E-state index is 1.06. The van der Waals surface area contributed by atoms with E-state index >= 15 is 0 Å². The molecule has 0 N–H and O–H groups in total. The van der Waals surface area contributed by atoms with E-state index in [0.717, 1.165) is 8.58 Å². The molecule has 0 aromatic rings. The van der Waals surface area contributed by atoms with Gasteiger partial charge in [0.1, 0.15) is 0 Å². The molecule has 0 heterocycles. The van der Waals surface area contributed by atoms with Crippen LogP contribution in [0.25, 0.3) is 0 Å². The van der Waals surface area contributed by atoms with E-state index in [1.165, 1.54) is 25.4 Å². The third-order valence-electron chi connectivity index (χ3n) is 1.21. The molecule has 0 aliphatic carbocycles. The molecule has 0 bridgehead atoms. The van der Waals surface area contributed by atoms with Gasteiger partial charge >= 0.3 is 0 Å². The molecule has 1 unspecified atom stereocenters. The first kappa shape index (κ1) is 9.17. The van der Waals surface area contributed by atoms with E-state index in [0.29, 0.717) is 0 Å². The maximum atomic E-state index is 2.27. The number of rotatable bonds is 5. The van der Waals surface area contributed by atoms with E-state index in [-0.39, 0.29) is 0 Å². The average Bonchev–Trinajstić information content (AvgIpc) is 1.89. The molecule has 0 fully saturated rings. The van der Waals surface area contributed by atoms with E-state index in [4.69, 9.17) is 0 Å².